The Morgan fingerprint density at radius 2 is 2.14 bits per heavy atom. The fourth-order valence-corrected chi connectivity index (χ4v) is 2.81. The molecule has 1 aromatic carbocycles. The fraction of sp³-hybridized carbons (Fsp3) is 0.143. The predicted octanol–water partition coefficient (Wildman–Crippen LogP) is 1.56. The Kier molecular flexibility index (Phi) is 2.26. The molecule has 0 fully saturated rings. The van der Waals surface area contributed by atoms with Crippen LogP contribution in [0.2, 0.25) is 5.02 Å². The second-order valence-electron chi connectivity index (χ2n) is 2.74. The van der Waals surface area contributed by atoms with Gasteiger partial charge in [0.15, 0.2) is 0 Å². The first kappa shape index (κ1) is 9.58. The van der Waals surface area contributed by atoms with E-state index in [-0.39, 0.29) is 25.7 Å². The average molecular weight is 277 g/mol. The van der Waals surface area contributed by atoms with Gasteiger partial charge in [0, 0.05) is 0 Å². The van der Waals surface area contributed by atoms with Crippen molar-refractivity contribution in [3.8, 4) is 0 Å². The molecule has 72 valence electrons. The maximum atomic E-state index is 10.7. The molecule has 0 atom stereocenters. The first-order valence-electron chi connectivity index (χ1n) is 3.67. The van der Waals surface area contributed by atoms with E-state index in [1.54, 1.807) is 6.07 Å². The number of aryl methyl sites for hydroxylation is 1. The van der Waals surface area contributed by atoms with Gasteiger partial charge in [0.2, 0.25) is 0 Å². The van der Waals surface area contributed by atoms with Crippen molar-refractivity contribution in [2.75, 3.05) is 0 Å². The van der Waals surface area contributed by atoms with Crippen LogP contribution in [0.3, 0.4) is 0 Å². The molecule has 0 saturated carbocycles. The summed E-state index contributed by atoms with van der Waals surface area (Å²) in [5, 5.41) is 10.8. The van der Waals surface area contributed by atoms with Gasteiger partial charge >= 0.3 is 89.9 Å². The Bertz CT molecular complexity index is 525. The van der Waals surface area contributed by atoms with E-state index in [9.17, 15) is 10.1 Å². The molecular weight excluding hydrogens is 273 g/mol. The molecule has 0 unspecified atom stereocenters. The molecule has 0 spiro atoms. The van der Waals surface area contributed by atoms with Crippen molar-refractivity contribution >= 4 is 43.3 Å². The number of nitro groups is 1. The molecular formula is C7H4ClN3O2Se. The normalized spacial score (nSPS) is 10.7. The number of rotatable bonds is 1. The number of nitrogens with zero attached hydrogens (tertiary/aromatic N) is 3. The number of benzene rings is 1. The molecule has 2 aromatic rings. The Morgan fingerprint density at radius 3 is 2.79 bits per heavy atom. The van der Waals surface area contributed by atoms with E-state index in [4.69, 9.17) is 11.6 Å². The van der Waals surface area contributed by atoms with Crippen LogP contribution >= 0.6 is 11.6 Å². The molecule has 0 saturated heterocycles. The molecule has 0 amide bonds. The van der Waals surface area contributed by atoms with Gasteiger partial charge in [-0.05, 0) is 0 Å². The maximum absolute atomic E-state index is 10.7. The van der Waals surface area contributed by atoms with Crippen LogP contribution in [0.1, 0.15) is 5.56 Å². The molecule has 1 heterocycles. The van der Waals surface area contributed by atoms with Crippen molar-refractivity contribution in [2.24, 2.45) is 0 Å². The Hall–Kier alpha value is -0.971. The van der Waals surface area contributed by atoms with Crippen molar-refractivity contribution in [2.45, 2.75) is 6.92 Å². The zero-order valence-electron chi connectivity index (χ0n) is 7.02. The molecule has 0 N–H and O–H groups in total. The van der Waals surface area contributed by atoms with Crippen LogP contribution < -0.4 is 0 Å². The predicted molar refractivity (Wildman–Crippen MR) is 52.9 cm³/mol. The van der Waals surface area contributed by atoms with Crippen LogP contribution in [0, 0.1) is 17.0 Å². The Morgan fingerprint density at radius 1 is 1.50 bits per heavy atom. The summed E-state index contributed by atoms with van der Waals surface area (Å²) < 4.78 is 8.13. The minimum atomic E-state index is -0.513. The summed E-state index contributed by atoms with van der Waals surface area (Å²) in [6, 6.07) is 1.55. The number of hydrogen-bond acceptors (Lipinski definition) is 4. The third-order valence-corrected chi connectivity index (χ3v) is 3.24. The Balaban J connectivity index is 2.93. The average Bonchev–Trinajstić information content (AvgIpc) is 2.51. The molecule has 0 aliphatic heterocycles. The number of halogens is 1. The number of aromatic nitrogens is 2. The summed E-state index contributed by atoms with van der Waals surface area (Å²) in [6.45, 7) is 1.81. The van der Waals surface area contributed by atoms with Crippen LogP contribution in [-0.4, -0.2) is 27.8 Å². The van der Waals surface area contributed by atoms with Crippen molar-refractivity contribution in [3.63, 3.8) is 0 Å². The van der Waals surface area contributed by atoms with Crippen molar-refractivity contribution in [3.05, 3.63) is 26.8 Å². The summed E-state index contributed by atoms with van der Waals surface area (Å²) in [6.07, 6.45) is 0. The van der Waals surface area contributed by atoms with Gasteiger partial charge in [-0.25, -0.2) is 0 Å². The van der Waals surface area contributed by atoms with E-state index in [2.05, 4.69) is 7.96 Å². The summed E-state index contributed by atoms with van der Waals surface area (Å²) in [4.78, 5) is 10.2. The van der Waals surface area contributed by atoms with Crippen LogP contribution in [0.4, 0.5) is 5.69 Å². The number of nitro benzene ring substituents is 1. The first-order chi connectivity index (χ1) is 6.61. The van der Waals surface area contributed by atoms with Crippen LogP contribution in [0.5, 0.6) is 0 Å². The fourth-order valence-electron chi connectivity index (χ4n) is 1.22. The van der Waals surface area contributed by atoms with Gasteiger partial charge < -0.3 is 0 Å². The molecule has 1 aromatic heterocycles. The SMILES string of the molecule is Cc1cc(Cl)c([N+](=O)[O-])c2n[se]nc12. The van der Waals surface area contributed by atoms with Gasteiger partial charge in [0.1, 0.15) is 0 Å². The van der Waals surface area contributed by atoms with Crippen LogP contribution in [0.25, 0.3) is 11.0 Å². The van der Waals surface area contributed by atoms with Gasteiger partial charge in [-0.1, -0.05) is 0 Å². The standard InChI is InChI=1S/C7H4ClN3O2Se/c1-3-2-4(8)7(11(12)13)6-5(3)9-14-10-6/h2H,1H3. The third-order valence-electron chi connectivity index (χ3n) is 1.84. The molecule has 0 radical (unpaired) electrons. The molecule has 0 aliphatic rings. The second-order valence-corrected chi connectivity index (χ2v) is 4.26. The number of hydrogen-bond donors (Lipinski definition) is 0. The zero-order chi connectivity index (χ0) is 10.3. The molecule has 5 nitrogen and oxygen atoms in total. The summed E-state index contributed by atoms with van der Waals surface area (Å²) in [5.74, 6) is 0. The van der Waals surface area contributed by atoms with Gasteiger partial charge in [-0.3, -0.25) is 0 Å². The van der Waals surface area contributed by atoms with Gasteiger partial charge in [-0.15, -0.1) is 0 Å². The van der Waals surface area contributed by atoms with Crippen LogP contribution in [0.15, 0.2) is 6.07 Å². The van der Waals surface area contributed by atoms with E-state index in [1.165, 1.54) is 0 Å². The minimum absolute atomic E-state index is 0.128. The second kappa shape index (κ2) is 3.31. The molecule has 7 heteroatoms. The van der Waals surface area contributed by atoms with E-state index < -0.39 is 4.92 Å². The van der Waals surface area contributed by atoms with Gasteiger partial charge in [-0.2, -0.15) is 0 Å². The Labute approximate surface area is 90.1 Å². The van der Waals surface area contributed by atoms with Crippen molar-refractivity contribution in [1.29, 1.82) is 0 Å². The van der Waals surface area contributed by atoms with Gasteiger partial charge in [0.25, 0.3) is 0 Å². The van der Waals surface area contributed by atoms with E-state index in [1.807, 2.05) is 6.92 Å². The van der Waals surface area contributed by atoms with Crippen molar-refractivity contribution in [1.82, 2.24) is 7.96 Å². The quantitative estimate of drug-likeness (QED) is 0.450. The van der Waals surface area contributed by atoms with E-state index in [0.29, 0.717) is 11.0 Å². The molecule has 0 aliphatic carbocycles. The van der Waals surface area contributed by atoms with E-state index >= 15 is 0 Å². The molecule has 0 bridgehead atoms. The topological polar surface area (TPSA) is 68.9 Å². The summed E-state index contributed by atoms with van der Waals surface area (Å²) in [5.41, 5.74) is 1.65. The third kappa shape index (κ3) is 1.32. The first-order valence-corrected chi connectivity index (χ1v) is 5.58. The number of fused-ring (bicyclic) bond motifs is 1. The molecule has 14 heavy (non-hydrogen) atoms. The zero-order valence-corrected chi connectivity index (χ0v) is 9.49. The van der Waals surface area contributed by atoms with Crippen LogP contribution in [-0.2, 0) is 0 Å². The van der Waals surface area contributed by atoms with E-state index in [0.717, 1.165) is 5.56 Å². The molecule has 2 rings (SSSR count). The van der Waals surface area contributed by atoms with Gasteiger partial charge in [0.05, 0.1) is 0 Å². The summed E-state index contributed by atoms with van der Waals surface area (Å²) >= 11 is 5.50. The summed E-state index contributed by atoms with van der Waals surface area (Å²) in [7, 11) is 0. The monoisotopic (exact) mass is 277 g/mol. The van der Waals surface area contributed by atoms with Crippen molar-refractivity contribution < 1.29 is 4.92 Å².